The monoisotopic (exact) mass is 441 g/mol. The number of benzene rings is 1. The van der Waals surface area contributed by atoms with Crippen molar-refractivity contribution in [2.75, 3.05) is 19.3 Å². The van der Waals surface area contributed by atoms with Crippen molar-refractivity contribution < 1.29 is 21.6 Å². The third-order valence-electron chi connectivity index (χ3n) is 6.20. The smallest absolute Gasteiger partial charge is 0.251 e. The molecule has 1 aromatic rings. The van der Waals surface area contributed by atoms with Crippen LogP contribution in [0.3, 0.4) is 0 Å². The second-order valence-electron chi connectivity index (χ2n) is 8.26. The number of fused-ring (bicyclic) bond motifs is 2. The lowest BCUT2D eigenvalue weighted by molar-refractivity contribution is 0.0909. The molecular weight excluding hydrogens is 414 g/mol. The van der Waals surface area contributed by atoms with Crippen molar-refractivity contribution in [1.29, 1.82) is 0 Å². The first-order valence-corrected chi connectivity index (χ1v) is 13.3. The van der Waals surface area contributed by atoms with E-state index in [0.29, 0.717) is 31.5 Å². The first-order valence-electron chi connectivity index (χ1n) is 10.1. The van der Waals surface area contributed by atoms with Crippen LogP contribution in [0.15, 0.2) is 29.2 Å². The predicted octanol–water partition coefficient (Wildman–Crippen LogP) is 1.16. The van der Waals surface area contributed by atoms with Gasteiger partial charge in [-0.15, -0.1) is 0 Å². The van der Waals surface area contributed by atoms with Crippen molar-refractivity contribution in [3.05, 3.63) is 29.8 Å². The Morgan fingerprint density at radius 3 is 2.03 bits per heavy atom. The fourth-order valence-corrected chi connectivity index (χ4v) is 7.90. The Hall–Kier alpha value is -1.49. The third-order valence-corrected chi connectivity index (χ3v) is 9.48. The van der Waals surface area contributed by atoms with Crippen LogP contribution in [0.2, 0.25) is 0 Å². The van der Waals surface area contributed by atoms with Crippen molar-refractivity contribution in [2.45, 2.75) is 61.5 Å². The fourth-order valence-electron chi connectivity index (χ4n) is 4.92. The Morgan fingerprint density at radius 1 is 0.966 bits per heavy atom. The van der Waals surface area contributed by atoms with Crippen LogP contribution in [0.4, 0.5) is 0 Å². The molecule has 0 aromatic heterocycles. The van der Waals surface area contributed by atoms with Gasteiger partial charge in [0.15, 0.2) is 0 Å². The van der Waals surface area contributed by atoms with E-state index < -0.39 is 20.0 Å². The number of nitrogens with one attached hydrogen (secondary N) is 1. The van der Waals surface area contributed by atoms with Crippen LogP contribution >= 0.6 is 0 Å². The van der Waals surface area contributed by atoms with Crippen molar-refractivity contribution >= 4 is 26.0 Å². The molecule has 2 unspecified atom stereocenters. The molecule has 2 bridgehead atoms. The number of sulfonamides is 2. The average molecular weight is 442 g/mol. The van der Waals surface area contributed by atoms with Crippen molar-refractivity contribution in [1.82, 2.24) is 13.9 Å². The molecule has 0 saturated carbocycles. The van der Waals surface area contributed by atoms with Crippen LogP contribution in [0.5, 0.6) is 0 Å². The van der Waals surface area contributed by atoms with Crippen molar-refractivity contribution in [2.24, 2.45) is 0 Å². The second kappa shape index (κ2) is 7.64. The van der Waals surface area contributed by atoms with Gasteiger partial charge < -0.3 is 5.32 Å². The lowest BCUT2D eigenvalue weighted by Gasteiger charge is -2.37. The number of hydrogen-bond acceptors (Lipinski definition) is 5. The quantitative estimate of drug-likeness (QED) is 0.738. The molecule has 3 saturated heterocycles. The van der Waals surface area contributed by atoms with Gasteiger partial charge in [-0.3, -0.25) is 4.79 Å². The summed E-state index contributed by atoms with van der Waals surface area (Å²) in [6.07, 6.45) is 5.86. The van der Waals surface area contributed by atoms with Crippen LogP contribution in [0.1, 0.15) is 48.9 Å². The summed E-state index contributed by atoms with van der Waals surface area (Å²) >= 11 is 0. The largest absolute Gasteiger partial charge is 0.349 e. The summed E-state index contributed by atoms with van der Waals surface area (Å²) in [4.78, 5) is 12.8. The molecule has 4 rings (SSSR count). The fraction of sp³-hybridized carbons (Fsp3) is 0.632. The minimum absolute atomic E-state index is 0.0537. The third kappa shape index (κ3) is 4.08. The molecule has 3 heterocycles. The van der Waals surface area contributed by atoms with E-state index in [-0.39, 0.29) is 28.9 Å². The number of carbonyl (C=O) groups is 1. The predicted molar refractivity (Wildman–Crippen MR) is 108 cm³/mol. The number of nitrogens with zero attached hydrogens (tertiary/aromatic N) is 2. The van der Waals surface area contributed by atoms with Gasteiger partial charge >= 0.3 is 0 Å². The summed E-state index contributed by atoms with van der Waals surface area (Å²) in [5, 5.41) is 3.00. The van der Waals surface area contributed by atoms with Crippen LogP contribution in [-0.2, 0) is 20.0 Å². The van der Waals surface area contributed by atoms with E-state index in [4.69, 9.17) is 0 Å². The van der Waals surface area contributed by atoms with E-state index >= 15 is 0 Å². The molecule has 8 nitrogen and oxygen atoms in total. The molecule has 0 aliphatic carbocycles. The summed E-state index contributed by atoms with van der Waals surface area (Å²) in [6.45, 7) is 1.08. The maximum Gasteiger partial charge on any atom is 0.251 e. The Labute approximate surface area is 172 Å². The standard InChI is InChI=1S/C19H27N3O5S2/c1-28(24,25)22-16-6-7-17(22)13-15(12-16)20-19(23)14-4-8-18(9-5-14)29(26,27)21-10-2-3-11-21/h4-5,8-9,15-17H,2-3,6-7,10-13H2,1H3,(H,20,23). The summed E-state index contributed by atoms with van der Waals surface area (Å²) in [5.41, 5.74) is 0.406. The van der Waals surface area contributed by atoms with Crippen LogP contribution in [0, 0.1) is 0 Å². The zero-order valence-corrected chi connectivity index (χ0v) is 18.1. The Kier molecular flexibility index (Phi) is 5.47. The molecule has 1 N–H and O–H groups in total. The van der Waals surface area contributed by atoms with Gasteiger partial charge in [-0.05, 0) is 62.8 Å². The van der Waals surface area contributed by atoms with Gasteiger partial charge in [-0.1, -0.05) is 0 Å². The van der Waals surface area contributed by atoms with Gasteiger partial charge in [0, 0.05) is 36.8 Å². The second-order valence-corrected chi connectivity index (χ2v) is 12.1. The van der Waals surface area contributed by atoms with Crippen LogP contribution in [-0.4, -0.2) is 68.8 Å². The van der Waals surface area contributed by atoms with Crippen molar-refractivity contribution in [3.63, 3.8) is 0 Å². The lowest BCUT2D eigenvalue weighted by Crippen LogP contribution is -2.52. The first-order chi connectivity index (χ1) is 13.7. The molecular formula is C19H27N3O5S2. The molecule has 3 aliphatic rings. The molecule has 2 atom stereocenters. The molecule has 29 heavy (non-hydrogen) atoms. The van der Waals surface area contributed by atoms with Crippen LogP contribution < -0.4 is 5.32 Å². The number of hydrogen-bond donors (Lipinski definition) is 1. The zero-order chi connectivity index (χ0) is 20.8. The van der Waals surface area contributed by atoms with Gasteiger partial charge in [0.25, 0.3) is 5.91 Å². The molecule has 0 radical (unpaired) electrons. The highest BCUT2D eigenvalue weighted by atomic mass is 32.2. The van der Waals surface area contributed by atoms with E-state index in [0.717, 1.165) is 25.7 Å². The van der Waals surface area contributed by atoms with Gasteiger partial charge in [0.05, 0.1) is 11.2 Å². The Morgan fingerprint density at radius 2 is 1.52 bits per heavy atom. The van der Waals surface area contributed by atoms with E-state index in [1.165, 1.54) is 22.7 Å². The molecule has 160 valence electrons. The van der Waals surface area contributed by atoms with E-state index in [2.05, 4.69) is 5.32 Å². The summed E-state index contributed by atoms with van der Waals surface area (Å²) in [6, 6.07) is 5.86. The maximum atomic E-state index is 12.6. The summed E-state index contributed by atoms with van der Waals surface area (Å²) < 4.78 is 52.3. The highest BCUT2D eigenvalue weighted by Crippen LogP contribution is 2.37. The first kappa shape index (κ1) is 20.8. The normalized spacial score (nSPS) is 28.5. The van der Waals surface area contributed by atoms with Gasteiger partial charge in [0.1, 0.15) is 0 Å². The maximum absolute atomic E-state index is 12.6. The molecule has 1 amide bonds. The molecule has 0 spiro atoms. The number of carbonyl (C=O) groups excluding carboxylic acids is 1. The summed E-state index contributed by atoms with van der Waals surface area (Å²) in [5.74, 6) is -0.257. The van der Waals surface area contributed by atoms with E-state index in [1.807, 2.05) is 0 Å². The summed E-state index contributed by atoms with van der Waals surface area (Å²) in [7, 11) is -6.73. The van der Waals surface area contributed by atoms with Crippen LogP contribution in [0.25, 0.3) is 0 Å². The molecule has 1 aromatic carbocycles. The minimum atomic E-state index is -3.50. The Bertz CT molecular complexity index is 971. The number of rotatable bonds is 5. The highest BCUT2D eigenvalue weighted by molar-refractivity contribution is 7.89. The number of piperidine rings is 1. The molecule has 3 aliphatic heterocycles. The van der Waals surface area contributed by atoms with Crippen molar-refractivity contribution in [3.8, 4) is 0 Å². The molecule has 10 heteroatoms. The average Bonchev–Trinajstić information content (AvgIpc) is 3.29. The SMILES string of the molecule is CS(=O)(=O)N1C2CCC1CC(NC(=O)c1ccc(S(=O)(=O)N3CCCC3)cc1)C2. The molecule has 3 fully saturated rings. The van der Waals surface area contributed by atoms with Gasteiger partial charge in [-0.2, -0.15) is 8.61 Å². The minimum Gasteiger partial charge on any atom is -0.349 e. The van der Waals surface area contributed by atoms with Gasteiger partial charge in [-0.25, -0.2) is 16.8 Å². The Balaban J connectivity index is 1.41. The topological polar surface area (TPSA) is 104 Å². The van der Waals surface area contributed by atoms with E-state index in [9.17, 15) is 21.6 Å². The van der Waals surface area contributed by atoms with Gasteiger partial charge in [0.2, 0.25) is 20.0 Å². The zero-order valence-electron chi connectivity index (χ0n) is 16.5. The lowest BCUT2D eigenvalue weighted by atomic mass is 9.99. The highest BCUT2D eigenvalue weighted by Gasteiger charge is 2.45. The number of amides is 1. The van der Waals surface area contributed by atoms with E-state index in [1.54, 1.807) is 16.4 Å².